The molecule has 8 fully saturated rings. The topological polar surface area (TPSA) is 139 Å². The number of epoxide rings is 1. The first-order chi connectivity index (χ1) is 30.4. The summed E-state index contributed by atoms with van der Waals surface area (Å²) in [6, 6.07) is 26.0. The van der Waals surface area contributed by atoms with Crippen molar-refractivity contribution in [1.29, 1.82) is 0 Å². The van der Waals surface area contributed by atoms with E-state index in [1.54, 1.807) is 9.96 Å². The second-order valence-corrected chi connectivity index (χ2v) is 20.3. The predicted molar refractivity (Wildman–Crippen MR) is 231 cm³/mol. The normalized spacial score (nSPS) is 37.7. The summed E-state index contributed by atoms with van der Waals surface area (Å²) in [4.78, 5) is 52.2. The van der Waals surface area contributed by atoms with Crippen molar-refractivity contribution in [2.45, 2.75) is 133 Å². The van der Waals surface area contributed by atoms with Crippen molar-refractivity contribution in [3.05, 3.63) is 113 Å². The quantitative estimate of drug-likeness (QED) is 0.193. The van der Waals surface area contributed by atoms with E-state index in [0.717, 1.165) is 41.5 Å². The molecule has 11 rings (SSSR count). The van der Waals surface area contributed by atoms with Crippen LogP contribution in [-0.4, -0.2) is 101 Å². The lowest BCUT2D eigenvalue weighted by molar-refractivity contribution is -0.214. The fourth-order valence-corrected chi connectivity index (χ4v) is 12.8. The standard InChI is InChI=1S/C51H59N3O9/c1-48(2)28-36-33(20-21-40-49(3,60-40)23-22-37(36)48)27-31-16-18-32(19-17-31)30-54-43-46(57)59-39-29-50(43,47(58)53-25-10-15-38(53)45(56)52-24-26-55)44(63-54)42-41(39)61-51(62-42,34-11-6-4-7-12-34)35-13-8-5-9-14-35/h4-9,11-14,16-19,27,36-44,55H,10,15,20-26,28-30H2,1-3H3,(H,52,56). The van der Waals surface area contributed by atoms with Crippen LogP contribution < -0.4 is 5.32 Å². The number of carbonyl (C=O) groups excluding carboxylic acids is 3. The summed E-state index contributed by atoms with van der Waals surface area (Å²) in [5, 5.41) is 13.9. The van der Waals surface area contributed by atoms with Gasteiger partial charge in [0, 0.05) is 30.6 Å². The molecule has 2 bridgehead atoms. The Balaban J connectivity index is 0.928. The van der Waals surface area contributed by atoms with Crippen LogP contribution in [0.3, 0.4) is 0 Å². The molecule has 3 aromatic carbocycles. The summed E-state index contributed by atoms with van der Waals surface area (Å²) in [6.07, 6.45) is 6.26. The molecule has 0 spiro atoms. The minimum atomic E-state index is -1.44. The molecule has 3 saturated carbocycles. The van der Waals surface area contributed by atoms with Crippen molar-refractivity contribution in [1.82, 2.24) is 15.3 Å². The van der Waals surface area contributed by atoms with E-state index in [0.29, 0.717) is 42.7 Å². The van der Waals surface area contributed by atoms with Gasteiger partial charge in [0.15, 0.2) is 6.04 Å². The summed E-state index contributed by atoms with van der Waals surface area (Å²) in [7, 11) is 0. The zero-order valence-electron chi connectivity index (χ0n) is 36.4. The second-order valence-electron chi connectivity index (χ2n) is 20.3. The van der Waals surface area contributed by atoms with Gasteiger partial charge in [0.1, 0.15) is 35.9 Å². The monoisotopic (exact) mass is 857 g/mol. The average molecular weight is 858 g/mol. The summed E-state index contributed by atoms with van der Waals surface area (Å²) >= 11 is 0. The highest BCUT2D eigenvalue weighted by Crippen LogP contribution is 2.61. The Hall–Kier alpha value is -4.43. The third-order valence-electron chi connectivity index (χ3n) is 16.2. The predicted octanol–water partition coefficient (Wildman–Crippen LogP) is 6.05. The number of ether oxygens (including phenoxy) is 4. The number of hydrogen-bond donors (Lipinski definition) is 2. The van der Waals surface area contributed by atoms with Gasteiger partial charge in [-0.1, -0.05) is 110 Å². The van der Waals surface area contributed by atoms with Gasteiger partial charge in [-0.15, -0.1) is 0 Å². The minimum absolute atomic E-state index is 0.0349. The Kier molecular flexibility index (Phi) is 10.1. The third-order valence-corrected chi connectivity index (χ3v) is 16.2. The SMILES string of the molecule is CC1(C)CC2C(=Cc3ccc(CN4OC5C6OC(c7ccccc7)(c7ccccc7)OC6C6CC5(C(=O)N5CCCC5C(=O)NCCO)C4C(=O)O6)cc3)CCC3OC3(C)CCC21. The van der Waals surface area contributed by atoms with E-state index in [-0.39, 0.29) is 43.5 Å². The maximum Gasteiger partial charge on any atom is 0.327 e. The van der Waals surface area contributed by atoms with Gasteiger partial charge in [-0.3, -0.25) is 19.2 Å². The number of esters is 1. The van der Waals surface area contributed by atoms with E-state index in [1.165, 1.54) is 18.4 Å². The van der Waals surface area contributed by atoms with Crippen LogP contribution in [0, 0.1) is 22.7 Å². The number of carbonyl (C=O) groups is 3. The van der Waals surface area contributed by atoms with E-state index in [9.17, 15) is 14.7 Å². The molecule has 5 heterocycles. The Bertz CT molecular complexity index is 2250. The van der Waals surface area contributed by atoms with Gasteiger partial charge in [0.2, 0.25) is 17.6 Å². The molecule has 12 nitrogen and oxygen atoms in total. The highest BCUT2D eigenvalue weighted by molar-refractivity contribution is 5.96. The number of aliphatic hydroxyl groups is 1. The number of likely N-dealkylation sites (tertiary alicyclic amines) is 1. The number of aliphatic hydroxyl groups excluding tert-OH is 1. The largest absolute Gasteiger partial charge is 0.458 e. The van der Waals surface area contributed by atoms with Crippen LogP contribution >= 0.6 is 0 Å². The molecule has 11 unspecified atom stereocenters. The molecule has 2 N–H and O–H groups in total. The number of hydroxylamine groups is 2. The molecule has 63 heavy (non-hydrogen) atoms. The Morgan fingerprint density at radius 2 is 1.59 bits per heavy atom. The molecule has 8 aliphatic rings. The lowest BCUT2D eigenvalue weighted by Gasteiger charge is -2.53. The minimum Gasteiger partial charge on any atom is -0.458 e. The maximum absolute atomic E-state index is 15.5. The molecule has 5 saturated heterocycles. The summed E-state index contributed by atoms with van der Waals surface area (Å²) in [6.45, 7) is 7.54. The number of nitrogens with zero attached hydrogens (tertiary/aromatic N) is 2. The summed E-state index contributed by atoms with van der Waals surface area (Å²) in [5.74, 6) is -1.35. The Labute approximate surface area is 369 Å². The smallest absolute Gasteiger partial charge is 0.327 e. The Morgan fingerprint density at radius 1 is 0.873 bits per heavy atom. The maximum atomic E-state index is 15.5. The van der Waals surface area contributed by atoms with Crippen molar-refractivity contribution < 1.29 is 43.3 Å². The second kappa shape index (κ2) is 15.3. The fourth-order valence-electron chi connectivity index (χ4n) is 12.8. The highest BCUT2D eigenvalue weighted by Gasteiger charge is 2.77. The average Bonchev–Trinajstić information content (AvgIpc) is 3.69. The first-order valence-corrected chi connectivity index (χ1v) is 23.2. The lowest BCUT2D eigenvalue weighted by Crippen LogP contribution is -2.70. The van der Waals surface area contributed by atoms with Crippen LogP contribution in [0.2, 0.25) is 0 Å². The molecule has 3 aromatic rings. The van der Waals surface area contributed by atoms with Gasteiger partial charge < -0.3 is 34.3 Å². The lowest BCUT2D eigenvalue weighted by atomic mass is 9.52. The van der Waals surface area contributed by atoms with E-state index in [1.807, 2.05) is 60.7 Å². The third kappa shape index (κ3) is 6.64. The molecule has 332 valence electrons. The number of nitrogens with one attached hydrogen (secondary N) is 1. The number of hydrogen-bond acceptors (Lipinski definition) is 10. The van der Waals surface area contributed by atoms with Gasteiger partial charge in [-0.05, 0) is 80.2 Å². The van der Waals surface area contributed by atoms with Gasteiger partial charge >= 0.3 is 5.97 Å². The first kappa shape index (κ1) is 41.3. The van der Waals surface area contributed by atoms with Crippen molar-refractivity contribution in [3.8, 4) is 0 Å². The molecule has 2 amide bonds. The zero-order valence-corrected chi connectivity index (χ0v) is 36.4. The summed E-state index contributed by atoms with van der Waals surface area (Å²) in [5.41, 5.74) is 4.01. The molecule has 3 aliphatic carbocycles. The molecular weight excluding hydrogens is 799 g/mol. The fraction of sp³-hybridized carbons (Fsp3) is 0.549. The first-order valence-electron chi connectivity index (χ1n) is 23.2. The highest BCUT2D eigenvalue weighted by atomic mass is 16.8. The van der Waals surface area contributed by atoms with Crippen LogP contribution in [0.4, 0.5) is 0 Å². The number of benzene rings is 3. The van der Waals surface area contributed by atoms with Gasteiger partial charge in [0.25, 0.3) is 0 Å². The van der Waals surface area contributed by atoms with Crippen molar-refractivity contribution in [2.24, 2.45) is 22.7 Å². The number of fused-ring (bicyclic) bond motifs is 6. The van der Waals surface area contributed by atoms with Crippen LogP contribution in [0.25, 0.3) is 6.08 Å². The zero-order chi connectivity index (χ0) is 43.3. The molecule has 0 radical (unpaired) electrons. The summed E-state index contributed by atoms with van der Waals surface area (Å²) < 4.78 is 26.8. The van der Waals surface area contributed by atoms with Crippen LogP contribution in [0.1, 0.15) is 94.4 Å². The molecular formula is C51H59N3O9. The van der Waals surface area contributed by atoms with Crippen LogP contribution in [0.5, 0.6) is 0 Å². The number of amides is 2. The van der Waals surface area contributed by atoms with Gasteiger partial charge in [0.05, 0.1) is 24.9 Å². The number of rotatable bonds is 9. The molecule has 12 heteroatoms. The van der Waals surface area contributed by atoms with Gasteiger partial charge in [-0.2, -0.15) is 5.06 Å². The number of allylic oxidation sites excluding steroid dienone is 1. The van der Waals surface area contributed by atoms with E-state index in [2.05, 4.69) is 56.4 Å². The Morgan fingerprint density at radius 3 is 2.29 bits per heavy atom. The van der Waals surface area contributed by atoms with E-state index in [4.69, 9.17) is 23.8 Å². The molecule has 5 aliphatic heterocycles. The molecule has 11 atom stereocenters. The molecule has 0 aromatic heterocycles. The van der Waals surface area contributed by atoms with Crippen molar-refractivity contribution >= 4 is 23.9 Å². The van der Waals surface area contributed by atoms with Crippen molar-refractivity contribution in [2.75, 3.05) is 19.7 Å². The van der Waals surface area contributed by atoms with Crippen LogP contribution in [-0.2, 0) is 50.5 Å². The van der Waals surface area contributed by atoms with E-state index < -0.39 is 53.7 Å². The van der Waals surface area contributed by atoms with Crippen LogP contribution in [0.15, 0.2) is 90.5 Å². The van der Waals surface area contributed by atoms with E-state index >= 15 is 4.79 Å². The van der Waals surface area contributed by atoms with Crippen molar-refractivity contribution in [3.63, 3.8) is 0 Å². The van der Waals surface area contributed by atoms with Gasteiger partial charge in [-0.25, -0.2) is 0 Å².